The highest BCUT2D eigenvalue weighted by Crippen LogP contribution is 2.14. The Hall–Kier alpha value is -0.650. The van der Waals surface area contributed by atoms with Gasteiger partial charge in [0.25, 0.3) is 0 Å². The second kappa shape index (κ2) is 9.32. The van der Waals surface area contributed by atoms with E-state index in [0.29, 0.717) is 12.5 Å². The molecule has 0 saturated carbocycles. The Morgan fingerprint density at radius 1 is 1.25 bits per heavy atom. The SMILES string of the molecule is O=C(NCCCOCC1CCOCC1)C1CCCCN1. The molecule has 20 heavy (non-hydrogen) atoms. The molecule has 2 saturated heterocycles. The minimum atomic E-state index is 0.0203. The van der Waals surface area contributed by atoms with E-state index in [0.717, 1.165) is 65.1 Å². The Bertz CT molecular complexity index is 274. The van der Waals surface area contributed by atoms with Gasteiger partial charge in [0.05, 0.1) is 6.04 Å². The number of rotatable bonds is 7. The fraction of sp³-hybridized carbons (Fsp3) is 0.933. The van der Waals surface area contributed by atoms with Crippen LogP contribution in [0.2, 0.25) is 0 Å². The molecular formula is C15H28N2O3. The lowest BCUT2D eigenvalue weighted by Crippen LogP contribution is -2.46. The predicted molar refractivity (Wildman–Crippen MR) is 77.6 cm³/mol. The van der Waals surface area contributed by atoms with Crippen molar-refractivity contribution in [2.24, 2.45) is 5.92 Å². The van der Waals surface area contributed by atoms with Crippen LogP contribution in [0.25, 0.3) is 0 Å². The first-order valence-electron chi connectivity index (χ1n) is 8.03. The molecule has 0 spiro atoms. The van der Waals surface area contributed by atoms with Gasteiger partial charge in [0.15, 0.2) is 0 Å². The standard InChI is InChI=1S/C15H28N2O3/c18-15(14-4-1-2-7-16-14)17-8-3-9-20-12-13-5-10-19-11-6-13/h13-14,16H,1-12H2,(H,17,18). The van der Waals surface area contributed by atoms with Crippen molar-refractivity contribution >= 4 is 5.91 Å². The zero-order valence-corrected chi connectivity index (χ0v) is 12.4. The zero-order valence-electron chi connectivity index (χ0n) is 12.4. The van der Waals surface area contributed by atoms with E-state index in [-0.39, 0.29) is 11.9 Å². The third kappa shape index (κ3) is 5.77. The Morgan fingerprint density at radius 2 is 2.10 bits per heavy atom. The molecule has 1 amide bonds. The van der Waals surface area contributed by atoms with Crippen molar-refractivity contribution in [2.45, 2.75) is 44.6 Å². The number of amides is 1. The van der Waals surface area contributed by atoms with Gasteiger partial charge in [0, 0.05) is 33.0 Å². The molecule has 2 N–H and O–H groups in total. The lowest BCUT2D eigenvalue weighted by atomic mass is 10.0. The molecule has 2 fully saturated rings. The summed E-state index contributed by atoms with van der Waals surface area (Å²) < 4.78 is 11.0. The fourth-order valence-electron chi connectivity index (χ4n) is 2.75. The Labute approximate surface area is 121 Å². The van der Waals surface area contributed by atoms with E-state index in [1.54, 1.807) is 0 Å². The molecule has 2 rings (SSSR count). The average Bonchev–Trinajstić information content (AvgIpc) is 2.52. The van der Waals surface area contributed by atoms with Crippen molar-refractivity contribution in [3.05, 3.63) is 0 Å². The van der Waals surface area contributed by atoms with Crippen LogP contribution in [0.15, 0.2) is 0 Å². The van der Waals surface area contributed by atoms with Crippen molar-refractivity contribution in [3.63, 3.8) is 0 Å². The molecule has 0 bridgehead atoms. The van der Waals surface area contributed by atoms with E-state index in [9.17, 15) is 4.79 Å². The molecule has 1 atom stereocenters. The third-order valence-corrected chi connectivity index (χ3v) is 4.09. The van der Waals surface area contributed by atoms with Gasteiger partial charge in [-0.2, -0.15) is 0 Å². The Balaban J connectivity index is 1.43. The molecule has 0 aromatic rings. The van der Waals surface area contributed by atoms with Gasteiger partial charge in [-0.1, -0.05) is 6.42 Å². The molecule has 116 valence electrons. The van der Waals surface area contributed by atoms with Crippen LogP contribution in [0.1, 0.15) is 38.5 Å². The maximum atomic E-state index is 11.8. The van der Waals surface area contributed by atoms with Gasteiger partial charge in [-0.3, -0.25) is 4.79 Å². The van der Waals surface area contributed by atoms with E-state index in [4.69, 9.17) is 9.47 Å². The molecule has 0 radical (unpaired) electrons. The van der Waals surface area contributed by atoms with Gasteiger partial charge < -0.3 is 20.1 Å². The normalized spacial score (nSPS) is 24.5. The van der Waals surface area contributed by atoms with Crippen molar-refractivity contribution in [3.8, 4) is 0 Å². The summed E-state index contributed by atoms with van der Waals surface area (Å²) in [4.78, 5) is 11.8. The Morgan fingerprint density at radius 3 is 2.85 bits per heavy atom. The summed E-state index contributed by atoms with van der Waals surface area (Å²) in [5, 5.41) is 6.25. The van der Waals surface area contributed by atoms with Crippen LogP contribution in [0.5, 0.6) is 0 Å². The van der Waals surface area contributed by atoms with Crippen molar-refractivity contribution in [1.82, 2.24) is 10.6 Å². The fourth-order valence-corrected chi connectivity index (χ4v) is 2.75. The number of hydrogen-bond acceptors (Lipinski definition) is 4. The lowest BCUT2D eigenvalue weighted by Gasteiger charge is -2.23. The molecule has 2 aliphatic rings. The summed E-state index contributed by atoms with van der Waals surface area (Å²) >= 11 is 0. The zero-order chi connectivity index (χ0) is 14.0. The molecular weight excluding hydrogens is 256 g/mol. The van der Waals surface area contributed by atoms with Crippen LogP contribution in [0.3, 0.4) is 0 Å². The highest BCUT2D eigenvalue weighted by Gasteiger charge is 2.19. The van der Waals surface area contributed by atoms with Crippen molar-refractivity contribution in [2.75, 3.05) is 39.5 Å². The smallest absolute Gasteiger partial charge is 0.237 e. The lowest BCUT2D eigenvalue weighted by molar-refractivity contribution is -0.123. The van der Waals surface area contributed by atoms with Crippen LogP contribution in [-0.4, -0.2) is 51.5 Å². The van der Waals surface area contributed by atoms with Gasteiger partial charge in [-0.25, -0.2) is 0 Å². The maximum absolute atomic E-state index is 11.8. The van der Waals surface area contributed by atoms with Crippen LogP contribution < -0.4 is 10.6 Å². The van der Waals surface area contributed by atoms with Crippen molar-refractivity contribution in [1.29, 1.82) is 0 Å². The predicted octanol–water partition coefficient (Wildman–Crippen LogP) is 1.08. The Kier molecular flexibility index (Phi) is 7.33. The number of nitrogens with one attached hydrogen (secondary N) is 2. The summed E-state index contributed by atoms with van der Waals surface area (Å²) in [5.41, 5.74) is 0. The molecule has 2 aliphatic heterocycles. The largest absolute Gasteiger partial charge is 0.381 e. The number of hydrogen-bond donors (Lipinski definition) is 2. The minimum Gasteiger partial charge on any atom is -0.381 e. The van der Waals surface area contributed by atoms with E-state index in [1.807, 2.05) is 0 Å². The first-order valence-corrected chi connectivity index (χ1v) is 8.03. The van der Waals surface area contributed by atoms with Crippen molar-refractivity contribution < 1.29 is 14.3 Å². The minimum absolute atomic E-state index is 0.0203. The molecule has 5 nitrogen and oxygen atoms in total. The molecule has 5 heteroatoms. The van der Waals surface area contributed by atoms with Crippen LogP contribution in [0.4, 0.5) is 0 Å². The molecule has 0 aromatic carbocycles. The van der Waals surface area contributed by atoms with Gasteiger partial charge in [-0.05, 0) is 44.6 Å². The van der Waals surface area contributed by atoms with Gasteiger partial charge in [-0.15, -0.1) is 0 Å². The third-order valence-electron chi connectivity index (χ3n) is 4.09. The van der Waals surface area contributed by atoms with Gasteiger partial charge >= 0.3 is 0 Å². The average molecular weight is 284 g/mol. The second-order valence-electron chi connectivity index (χ2n) is 5.78. The van der Waals surface area contributed by atoms with Crippen LogP contribution in [0, 0.1) is 5.92 Å². The summed E-state index contributed by atoms with van der Waals surface area (Å²) in [7, 11) is 0. The number of piperidine rings is 1. The molecule has 2 heterocycles. The van der Waals surface area contributed by atoms with E-state index < -0.39 is 0 Å². The maximum Gasteiger partial charge on any atom is 0.237 e. The molecule has 1 unspecified atom stereocenters. The van der Waals surface area contributed by atoms with E-state index in [2.05, 4.69) is 10.6 Å². The first kappa shape index (κ1) is 15.7. The topological polar surface area (TPSA) is 59.6 Å². The number of carbonyl (C=O) groups excluding carboxylic acids is 1. The van der Waals surface area contributed by atoms with E-state index in [1.165, 1.54) is 6.42 Å². The number of carbonyl (C=O) groups is 1. The summed E-state index contributed by atoms with van der Waals surface area (Å²) in [6.07, 6.45) is 6.42. The van der Waals surface area contributed by atoms with E-state index >= 15 is 0 Å². The highest BCUT2D eigenvalue weighted by atomic mass is 16.5. The summed E-state index contributed by atoms with van der Waals surface area (Å²) in [6.45, 7) is 4.99. The van der Waals surface area contributed by atoms with Crippen LogP contribution >= 0.6 is 0 Å². The quantitative estimate of drug-likeness (QED) is 0.687. The highest BCUT2D eigenvalue weighted by molar-refractivity contribution is 5.81. The summed E-state index contributed by atoms with van der Waals surface area (Å²) in [6, 6.07) is 0.0203. The van der Waals surface area contributed by atoms with Crippen LogP contribution in [-0.2, 0) is 14.3 Å². The van der Waals surface area contributed by atoms with Gasteiger partial charge in [0.2, 0.25) is 5.91 Å². The second-order valence-corrected chi connectivity index (χ2v) is 5.78. The van der Waals surface area contributed by atoms with Gasteiger partial charge in [0.1, 0.15) is 0 Å². The molecule has 0 aliphatic carbocycles. The summed E-state index contributed by atoms with van der Waals surface area (Å²) in [5.74, 6) is 0.805. The number of ether oxygens (including phenoxy) is 2. The first-order chi connectivity index (χ1) is 9.86. The molecule has 0 aromatic heterocycles. The monoisotopic (exact) mass is 284 g/mol.